The average Bonchev–Trinajstić information content (AvgIpc) is 2.93. The van der Waals surface area contributed by atoms with E-state index >= 15 is 0 Å². The summed E-state index contributed by atoms with van der Waals surface area (Å²) in [5, 5.41) is 3.58. The van der Waals surface area contributed by atoms with Gasteiger partial charge >= 0.3 is 0 Å². The highest BCUT2D eigenvalue weighted by atomic mass is 32.2. The summed E-state index contributed by atoms with van der Waals surface area (Å²) in [5.41, 5.74) is 8.35. The van der Waals surface area contributed by atoms with E-state index in [1.807, 2.05) is 6.92 Å². The average molecular weight is 318 g/mol. The van der Waals surface area contributed by atoms with Gasteiger partial charge in [0.2, 0.25) is 0 Å². The summed E-state index contributed by atoms with van der Waals surface area (Å²) in [6.07, 6.45) is 0. The number of anilines is 2. The second kappa shape index (κ2) is 5.43. The summed E-state index contributed by atoms with van der Waals surface area (Å²) in [6.45, 7) is 4.02. The predicted octanol–water partition coefficient (Wildman–Crippen LogP) is 1.90. The number of nitrogens with zero attached hydrogens (tertiary/aromatic N) is 2. The van der Waals surface area contributed by atoms with Crippen LogP contribution in [0.5, 0.6) is 0 Å². The zero-order valence-corrected chi connectivity index (χ0v) is 13.0. The van der Waals surface area contributed by atoms with Gasteiger partial charge in [0.15, 0.2) is 15.7 Å². The van der Waals surface area contributed by atoms with Crippen molar-refractivity contribution in [1.82, 2.24) is 9.36 Å². The fourth-order valence-electron chi connectivity index (χ4n) is 1.51. The van der Waals surface area contributed by atoms with Crippen molar-refractivity contribution >= 4 is 43.5 Å². The molecule has 0 spiro atoms. The van der Waals surface area contributed by atoms with E-state index in [4.69, 9.17) is 5.73 Å². The number of sulfone groups is 1. The van der Waals surface area contributed by atoms with Gasteiger partial charge in [-0.2, -0.15) is 4.37 Å². The molecule has 2 aromatic heterocycles. The van der Waals surface area contributed by atoms with E-state index < -0.39 is 9.84 Å². The molecule has 0 amide bonds. The maximum absolute atomic E-state index is 12.0. The van der Waals surface area contributed by atoms with E-state index in [0.717, 1.165) is 22.1 Å². The number of hydrogen-bond acceptors (Lipinski definition) is 8. The Morgan fingerprint density at radius 3 is 2.79 bits per heavy atom. The zero-order valence-electron chi connectivity index (χ0n) is 10.5. The second-order valence-electron chi connectivity index (χ2n) is 3.84. The predicted molar refractivity (Wildman–Crippen MR) is 78.4 cm³/mol. The number of nitrogens with one attached hydrogen (secondary N) is 1. The first-order valence-electron chi connectivity index (χ1n) is 5.56. The van der Waals surface area contributed by atoms with Crippen LogP contribution in [0.2, 0.25) is 0 Å². The Morgan fingerprint density at radius 1 is 1.47 bits per heavy atom. The van der Waals surface area contributed by atoms with Gasteiger partial charge in [-0.3, -0.25) is 0 Å². The van der Waals surface area contributed by atoms with Crippen LogP contribution in [0, 0.1) is 6.92 Å². The smallest absolute Gasteiger partial charge is 0.184 e. The fourth-order valence-corrected chi connectivity index (χ4v) is 4.39. The number of hydrogen-bond donors (Lipinski definition) is 2. The summed E-state index contributed by atoms with van der Waals surface area (Å²) in [5.74, 6) is 0.0690. The minimum atomic E-state index is -3.37. The van der Waals surface area contributed by atoms with Crippen LogP contribution < -0.4 is 11.1 Å². The molecule has 0 aliphatic carbocycles. The SMILES string of the molecule is CCS(=O)(=O)c1c(N)nsc1NCc1scnc1C. The van der Waals surface area contributed by atoms with Crippen molar-refractivity contribution in [2.75, 3.05) is 16.8 Å². The number of nitrogen functional groups attached to an aromatic ring is 1. The van der Waals surface area contributed by atoms with Crippen LogP contribution in [-0.2, 0) is 16.4 Å². The van der Waals surface area contributed by atoms with Gasteiger partial charge in [-0.25, -0.2) is 13.4 Å². The highest BCUT2D eigenvalue weighted by Crippen LogP contribution is 2.32. The van der Waals surface area contributed by atoms with Gasteiger partial charge in [0.25, 0.3) is 0 Å². The first-order chi connectivity index (χ1) is 8.95. The topological polar surface area (TPSA) is 98.0 Å². The molecule has 0 aliphatic rings. The third-order valence-electron chi connectivity index (χ3n) is 2.62. The lowest BCUT2D eigenvalue weighted by Gasteiger charge is -2.06. The molecule has 0 aliphatic heterocycles. The Hall–Kier alpha value is -1.19. The van der Waals surface area contributed by atoms with Crippen molar-refractivity contribution in [3.05, 3.63) is 16.1 Å². The number of thiazole rings is 1. The molecule has 0 unspecified atom stereocenters. The molecular formula is C10H14N4O2S3. The van der Waals surface area contributed by atoms with E-state index in [9.17, 15) is 8.42 Å². The van der Waals surface area contributed by atoms with Gasteiger partial charge in [-0.05, 0) is 18.5 Å². The summed E-state index contributed by atoms with van der Waals surface area (Å²) >= 11 is 2.59. The molecule has 2 aromatic rings. The van der Waals surface area contributed by atoms with E-state index in [1.165, 1.54) is 11.3 Å². The Labute approximate surface area is 119 Å². The lowest BCUT2D eigenvalue weighted by atomic mass is 10.4. The molecule has 0 fully saturated rings. The molecule has 0 saturated carbocycles. The van der Waals surface area contributed by atoms with Crippen LogP contribution in [0.25, 0.3) is 0 Å². The van der Waals surface area contributed by atoms with E-state index in [1.54, 1.807) is 12.4 Å². The minimum absolute atomic E-state index is 0.00385. The standard InChI is InChI=1S/C10H14N4O2S3/c1-3-19(15,16)8-9(11)14-18-10(8)12-4-7-6(2)13-5-17-7/h5,12H,3-4H2,1-2H3,(H2,11,14). The molecular weight excluding hydrogens is 304 g/mol. The van der Waals surface area contributed by atoms with Crippen molar-refractivity contribution in [2.45, 2.75) is 25.3 Å². The van der Waals surface area contributed by atoms with Crippen LogP contribution in [-0.4, -0.2) is 23.5 Å². The molecule has 2 rings (SSSR count). The lowest BCUT2D eigenvalue weighted by Crippen LogP contribution is -2.09. The largest absolute Gasteiger partial charge is 0.382 e. The molecule has 0 aromatic carbocycles. The summed E-state index contributed by atoms with van der Waals surface area (Å²) in [7, 11) is -3.37. The third-order valence-corrected chi connectivity index (χ3v) is 6.30. The second-order valence-corrected chi connectivity index (χ2v) is 7.77. The molecule has 0 atom stereocenters. The minimum Gasteiger partial charge on any atom is -0.382 e. The van der Waals surface area contributed by atoms with Gasteiger partial charge in [-0.15, -0.1) is 11.3 Å². The Balaban J connectivity index is 2.25. The normalized spacial score (nSPS) is 11.7. The summed E-state index contributed by atoms with van der Waals surface area (Å²) < 4.78 is 27.9. The van der Waals surface area contributed by atoms with Gasteiger partial charge in [-0.1, -0.05) is 6.92 Å². The monoisotopic (exact) mass is 318 g/mol. The van der Waals surface area contributed by atoms with Gasteiger partial charge in [0.05, 0.1) is 23.5 Å². The molecule has 104 valence electrons. The molecule has 0 bridgehead atoms. The molecule has 0 radical (unpaired) electrons. The molecule has 19 heavy (non-hydrogen) atoms. The van der Waals surface area contributed by atoms with Crippen LogP contribution in [0.1, 0.15) is 17.5 Å². The molecule has 3 N–H and O–H groups in total. The number of aryl methyl sites for hydroxylation is 1. The summed E-state index contributed by atoms with van der Waals surface area (Å²) in [6, 6.07) is 0. The maximum atomic E-state index is 12.0. The van der Waals surface area contributed by atoms with Gasteiger partial charge < -0.3 is 11.1 Å². The third kappa shape index (κ3) is 2.88. The highest BCUT2D eigenvalue weighted by Gasteiger charge is 2.23. The molecule has 9 heteroatoms. The van der Waals surface area contributed by atoms with Gasteiger partial charge in [0.1, 0.15) is 9.90 Å². The van der Waals surface area contributed by atoms with Crippen molar-refractivity contribution in [3.63, 3.8) is 0 Å². The van der Waals surface area contributed by atoms with Crippen LogP contribution in [0.4, 0.5) is 10.8 Å². The van der Waals surface area contributed by atoms with E-state index in [0.29, 0.717) is 11.5 Å². The van der Waals surface area contributed by atoms with Gasteiger partial charge in [0, 0.05) is 4.88 Å². The zero-order chi connectivity index (χ0) is 14.0. The van der Waals surface area contributed by atoms with Crippen molar-refractivity contribution in [1.29, 1.82) is 0 Å². The Bertz CT molecular complexity index is 675. The van der Waals surface area contributed by atoms with Crippen molar-refractivity contribution in [3.8, 4) is 0 Å². The Morgan fingerprint density at radius 2 is 2.21 bits per heavy atom. The van der Waals surface area contributed by atoms with E-state index in [2.05, 4.69) is 14.7 Å². The molecule has 2 heterocycles. The van der Waals surface area contributed by atoms with E-state index in [-0.39, 0.29) is 16.5 Å². The van der Waals surface area contributed by atoms with Crippen LogP contribution in [0.15, 0.2) is 10.4 Å². The Kier molecular flexibility index (Phi) is 4.07. The number of aromatic nitrogens is 2. The number of rotatable bonds is 5. The van der Waals surface area contributed by atoms with Crippen molar-refractivity contribution < 1.29 is 8.42 Å². The van der Waals surface area contributed by atoms with Crippen molar-refractivity contribution in [2.24, 2.45) is 0 Å². The molecule has 0 saturated heterocycles. The first kappa shape index (κ1) is 14.2. The fraction of sp³-hybridized carbons (Fsp3) is 0.400. The van der Waals surface area contributed by atoms with Crippen LogP contribution >= 0.6 is 22.9 Å². The first-order valence-corrected chi connectivity index (χ1v) is 8.87. The highest BCUT2D eigenvalue weighted by molar-refractivity contribution is 7.91. The number of nitrogens with two attached hydrogens (primary N) is 1. The maximum Gasteiger partial charge on any atom is 0.184 e. The lowest BCUT2D eigenvalue weighted by molar-refractivity contribution is 0.598. The molecule has 6 nitrogen and oxygen atoms in total. The quantitative estimate of drug-likeness (QED) is 0.873. The van der Waals surface area contributed by atoms with Crippen LogP contribution in [0.3, 0.4) is 0 Å². The summed E-state index contributed by atoms with van der Waals surface area (Å²) in [4.78, 5) is 5.32.